The van der Waals surface area contributed by atoms with Gasteiger partial charge in [-0.25, -0.2) is 0 Å². The molecule has 0 saturated heterocycles. The van der Waals surface area contributed by atoms with Gasteiger partial charge in [0.05, 0.1) is 7.11 Å². The van der Waals surface area contributed by atoms with Crippen molar-refractivity contribution in [3.63, 3.8) is 0 Å². The highest BCUT2D eigenvalue weighted by molar-refractivity contribution is 5.68. The van der Waals surface area contributed by atoms with Crippen LogP contribution in [0, 0.1) is 0 Å². The number of esters is 1. The van der Waals surface area contributed by atoms with E-state index >= 15 is 0 Å². The fraction of sp³-hybridized carbons (Fsp3) is 0.929. The summed E-state index contributed by atoms with van der Waals surface area (Å²) in [7, 11) is 3.46. The van der Waals surface area contributed by atoms with E-state index in [1.165, 1.54) is 52.1 Å². The Morgan fingerprint density at radius 2 is 1.35 bits per heavy atom. The van der Waals surface area contributed by atoms with Gasteiger partial charge in [0.25, 0.3) is 0 Å². The van der Waals surface area contributed by atoms with Crippen molar-refractivity contribution in [3.05, 3.63) is 0 Å². The first-order chi connectivity index (χ1) is 8.31. The molecule has 0 saturated carbocycles. The second kappa shape index (κ2) is 13.5. The quantitative estimate of drug-likeness (QED) is 0.422. The molecule has 0 rings (SSSR count). The van der Waals surface area contributed by atoms with E-state index in [0.29, 0.717) is 6.42 Å². The minimum absolute atomic E-state index is 0.0745. The normalized spacial score (nSPS) is 10.5. The molecule has 1 N–H and O–H groups in total. The van der Waals surface area contributed by atoms with Crippen LogP contribution in [0.2, 0.25) is 0 Å². The van der Waals surface area contributed by atoms with E-state index in [2.05, 4.69) is 10.1 Å². The Morgan fingerprint density at radius 1 is 0.882 bits per heavy atom. The Hall–Kier alpha value is -0.570. The van der Waals surface area contributed by atoms with E-state index in [9.17, 15) is 4.79 Å². The summed E-state index contributed by atoms with van der Waals surface area (Å²) >= 11 is 0. The average Bonchev–Trinajstić information content (AvgIpc) is 2.35. The second-order valence-corrected chi connectivity index (χ2v) is 4.61. The Bertz CT molecular complexity index is 172. The van der Waals surface area contributed by atoms with Crippen LogP contribution in [0.4, 0.5) is 0 Å². The minimum Gasteiger partial charge on any atom is -0.469 e. The van der Waals surface area contributed by atoms with E-state index in [4.69, 9.17) is 0 Å². The van der Waals surface area contributed by atoms with Gasteiger partial charge in [-0.15, -0.1) is 0 Å². The van der Waals surface area contributed by atoms with Crippen molar-refractivity contribution in [2.45, 2.75) is 64.2 Å². The average molecular weight is 243 g/mol. The highest BCUT2D eigenvalue weighted by Crippen LogP contribution is 2.10. The Morgan fingerprint density at radius 3 is 1.82 bits per heavy atom. The summed E-state index contributed by atoms with van der Waals surface area (Å²) in [6.07, 6.45) is 12.0. The topological polar surface area (TPSA) is 38.3 Å². The molecule has 102 valence electrons. The standard InChI is InChI=1S/C14H29NO2/c1-15-13-11-9-7-5-3-4-6-8-10-12-14(16)17-2/h15H,3-13H2,1-2H3. The molecule has 0 unspecified atom stereocenters. The van der Waals surface area contributed by atoms with Gasteiger partial charge in [-0.3, -0.25) is 4.79 Å². The molecule has 3 heteroatoms. The Kier molecular flexibility index (Phi) is 13.0. The number of nitrogens with one attached hydrogen (secondary N) is 1. The molecule has 0 atom stereocenters. The number of methoxy groups -OCH3 is 1. The van der Waals surface area contributed by atoms with Crippen LogP contribution in [0.5, 0.6) is 0 Å². The molecule has 0 heterocycles. The summed E-state index contributed by atoms with van der Waals surface area (Å²) in [5, 5.41) is 3.17. The Balaban J connectivity index is 2.96. The van der Waals surface area contributed by atoms with Gasteiger partial charge in [-0.1, -0.05) is 44.9 Å². The molecular weight excluding hydrogens is 214 g/mol. The van der Waals surface area contributed by atoms with Crippen LogP contribution in [0.15, 0.2) is 0 Å². The van der Waals surface area contributed by atoms with Crippen molar-refractivity contribution in [2.24, 2.45) is 0 Å². The maximum atomic E-state index is 10.8. The lowest BCUT2D eigenvalue weighted by atomic mass is 10.1. The van der Waals surface area contributed by atoms with Gasteiger partial charge in [-0.05, 0) is 26.4 Å². The lowest BCUT2D eigenvalue weighted by molar-refractivity contribution is -0.140. The summed E-state index contributed by atoms with van der Waals surface area (Å²) in [6, 6.07) is 0. The molecule has 0 aliphatic carbocycles. The van der Waals surface area contributed by atoms with Gasteiger partial charge in [-0.2, -0.15) is 0 Å². The summed E-state index contributed by atoms with van der Waals surface area (Å²) < 4.78 is 4.60. The number of rotatable bonds is 12. The van der Waals surface area contributed by atoms with Gasteiger partial charge >= 0.3 is 5.97 Å². The smallest absolute Gasteiger partial charge is 0.305 e. The lowest BCUT2D eigenvalue weighted by Crippen LogP contribution is -2.06. The maximum absolute atomic E-state index is 10.8. The van der Waals surface area contributed by atoms with E-state index in [0.717, 1.165) is 19.4 Å². The number of hydrogen-bond acceptors (Lipinski definition) is 3. The lowest BCUT2D eigenvalue weighted by Gasteiger charge is -2.02. The first kappa shape index (κ1) is 16.4. The van der Waals surface area contributed by atoms with E-state index in [1.54, 1.807) is 0 Å². The summed E-state index contributed by atoms with van der Waals surface area (Å²) in [6.45, 7) is 1.15. The third kappa shape index (κ3) is 13.4. The monoisotopic (exact) mass is 243 g/mol. The molecule has 0 radical (unpaired) electrons. The zero-order valence-corrected chi connectivity index (χ0v) is 11.6. The van der Waals surface area contributed by atoms with Crippen LogP contribution in [0.25, 0.3) is 0 Å². The first-order valence-corrected chi connectivity index (χ1v) is 7.02. The van der Waals surface area contributed by atoms with Gasteiger partial charge < -0.3 is 10.1 Å². The van der Waals surface area contributed by atoms with Crippen LogP contribution in [-0.4, -0.2) is 26.7 Å². The molecule has 0 amide bonds. The van der Waals surface area contributed by atoms with Crippen molar-refractivity contribution in [1.29, 1.82) is 0 Å². The molecule has 0 aromatic carbocycles. The van der Waals surface area contributed by atoms with Gasteiger partial charge in [0.15, 0.2) is 0 Å². The third-order valence-corrected chi connectivity index (χ3v) is 3.04. The first-order valence-electron chi connectivity index (χ1n) is 7.02. The molecule has 0 aromatic heterocycles. The fourth-order valence-corrected chi connectivity index (χ4v) is 1.91. The Labute approximate surface area is 106 Å². The SMILES string of the molecule is CNCCCCCCCCCCCC(=O)OC. The zero-order chi connectivity index (χ0) is 12.8. The predicted molar refractivity (Wildman–Crippen MR) is 72.1 cm³/mol. The van der Waals surface area contributed by atoms with E-state index in [-0.39, 0.29) is 5.97 Å². The third-order valence-electron chi connectivity index (χ3n) is 3.04. The molecule has 0 fully saturated rings. The minimum atomic E-state index is -0.0745. The molecule has 0 aliphatic heterocycles. The largest absolute Gasteiger partial charge is 0.469 e. The van der Waals surface area contributed by atoms with Crippen molar-refractivity contribution in [2.75, 3.05) is 20.7 Å². The van der Waals surface area contributed by atoms with E-state index in [1.807, 2.05) is 7.05 Å². The summed E-state index contributed by atoms with van der Waals surface area (Å²) in [5.74, 6) is -0.0745. The number of ether oxygens (including phenoxy) is 1. The predicted octanol–water partition coefficient (Wildman–Crippen LogP) is 3.28. The highest BCUT2D eigenvalue weighted by Gasteiger charge is 1.98. The molecule has 3 nitrogen and oxygen atoms in total. The zero-order valence-electron chi connectivity index (χ0n) is 11.6. The summed E-state index contributed by atoms with van der Waals surface area (Å²) in [5.41, 5.74) is 0. The number of hydrogen-bond donors (Lipinski definition) is 1. The van der Waals surface area contributed by atoms with Gasteiger partial charge in [0.2, 0.25) is 0 Å². The number of carbonyl (C=O) groups excluding carboxylic acids is 1. The molecule has 0 aliphatic rings. The number of carbonyl (C=O) groups is 1. The molecule has 17 heavy (non-hydrogen) atoms. The molecular formula is C14H29NO2. The van der Waals surface area contributed by atoms with Gasteiger partial charge in [0.1, 0.15) is 0 Å². The van der Waals surface area contributed by atoms with Crippen molar-refractivity contribution in [3.8, 4) is 0 Å². The highest BCUT2D eigenvalue weighted by atomic mass is 16.5. The van der Waals surface area contributed by atoms with Crippen molar-refractivity contribution in [1.82, 2.24) is 5.32 Å². The summed E-state index contributed by atoms with van der Waals surface area (Å²) in [4.78, 5) is 10.8. The van der Waals surface area contributed by atoms with Gasteiger partial charge in [0, 0.05) is 6.42 Å². The van der Waals surface area contributed by atoms with Crippen LogP contribution < -0.4 is 5.32 Å². The molecule has 0 bridgehead atoms. The second-order valence-electron chi connectivity index (χ2n) is 4.61. The van der Waals surface area contributed by atoms with Crippen LogP contribution in [-0.2, 0) is 9.53 Å². The fourth-order valence-electron chi connectivity index (χ4n) is 1.91. The van der Waals surface area contributed by atoms with Crippen LogP contribution in [0.1, 0.15) is 64.2 Å². The maximum Gasteiger partial charge on any atom is 0.305 e. The van der Waals surface area contributed by atoms with Crippen molar-refractivity contribution < 1.29 is 9.53 Å². The van der Waals surface area contributed by atoms with Crippen molar-refractivity contribution >= 4 is 5.97 Å². The van der Waals surface area contributed by atoms with Crippen LogP contribution >= 0.6 is 0 Å². The number of unbranched alkanes of at least 4 members (excludes halogenated alkanes) is 8. The molecule has 0 aromatic rings. The molecule has 0 spiro atoms. The van der Waals surface area contributed by atoms with E-state index < -0.39 is 0 Å². The van der Waals surface area contributed by atoms with Crippen LogP contribution in [0.3, 0.4) is 0 Å².